The van der Waals surface area contributed by atoms with E-state index in [0.717, 1.165) is 5.56 Å². The van der Waals surface area contributed by atoms with E-state index in [1.54, 1.807) is 25.1 Å². The van der Waals surface area contributed by atoms with Gasteiger partial charge in [0.2, 0.25) is 0 Å². The molecule has 23 heavy (non-hydrogen) atoms. The minimum Gasteiger partial charge on any atom is -0.465 e. The van der Waals surface area contributed by atoms with Crippen LogP contribution in [-0.2, 0) is 9.53 Å². The van der Waals surface area contributed by atoms with Gasteiger partial charge in [0.15, 0.2) is 5.78 Å². The third-order valence-electron chi connectivity index (χ3n) is 3.38. The van der Waals surface area contributed by atoms with Crippen molar-refractivity contribution < 1.29 is 19.4 Å². The highest BCUT2D eigenvalue weighted by Gasteiger charge is 2.38. The van der Waals surface area contributed by atoms with Gasteiger partial charge in [-0.1, -0.05) is 29.8 Å². The molecule has 2 atom stereocenters. The van der Waals surface area contributed by atoms with Crippen LogP contribution in [0.3, 0.4) is 0 Å². The van der Waals surface area contributed by atoms with Crippen LogP contribution < -0.4 is 5.32 Å². The number of carbonyl (C=O) groups is 2. The second-order valence-electron chi connectivity index (χ2n) is 5.54. The lowest BCUT2D eigenvalue weighted by atomic mass is 9.91. The summed E-state index contributed by atoms with van der Waals surface area (Å²) in [5.41, 5.74) is 0.0915. The van der Waals surface area contributed by atoms with Crippen molar-refractivity contribution >= 4 is 11.8 Å². The van der Waals surface area contributed by atoms with E-state index in [4.69, 9.17) is 10.00 Å². The molecule has 0 saturated heterocycles. The van der Waals surface area contributed by atoms with E-state index >= 15 is 0 Å². The van der Waals surface area contributed by atoms with Crippen LogP contribution in [0.25, 0.3) is 0 Å². The molecule has 0 saturated carbocycles. The van der Waals surface area contributed by atoms with Crippen molar-refractivity contribution in [3.63, 3.8) is 0 Å². The van der Waals surface area contributed by atoms with E-state index in [0.29, 0.717) is 5.56 Å². The van der Waals surface area contributed by atoms with Crippen molar-refractivity contribution in [1.82, 2.24) is 5.32 Å². The molecule has 1 aromatic rings. The summed E-state index contributed by atoms with van der Waals surface area (Å²) in [6, 6.07) is 8.81. The number of nitrogens with one attached hydrogen (secondary N) is 1. The van der Waals surface area contributed by atoms with Gasteiger partial charge in [-0.25, -0.2) is 0 Å². The fourth-order valence-corrected chi connectivity index (χ4v) is 2.14. The molecule has 2 unspecified atom stereocenters. The van der Waals surface area contributed by atoms with Crippen LogP contribution in [0.1, 0.15) is 42.6 Å². The number of ketones is 1. The van der Waals surface area contributed by atoms with E-state index in [1.165, 1.54) is 6.92 Å². The van der Waals surface area contributed by atoms with E-state index in [9.17, 15) is 14.7 Å². The van der Waals surface area contributed by atoms with Crippen molar-refractivity contribution in [2.24, 2.45) is 0 Å². The van der Waals surface area contributed by atoms with Gasteiger partial charge in [0.1, 0.15) is 11.8 Å². The molecule has 0 aliphatic carbocycles. The summed E-state index contributed by atoms with van der Waals surface area (Å²) in [5.74, 6) is -0.894. The third-order valence-corrected chi connectivity index (χ3v) is 3.38. The number of aliphatic hydroxyl groups is 1. The number of esters is 1. The van der Waals surface area contributed by atoms with E-state index in [1.807, 2.05) is 19.1 Å². The molecule has 0 aliphatic rings. The number of hydrogen-bond donors (Lipinski definition) is 2. The highest BCUT2D eigenvalue weighted by Crippen LogP contribution is 2.18. The first kappa shape index (κ1) is 18.8. The Bertz CT molecular complexity index is 592. The quantitative estimate of drug-likeness (QED) is 0.430. The monoisotopic (exact) mass is 318 g/mol. The zero-order valence-corrected chi connectivity index (χ0v) is 13.6. The molecule has 1 aromatic carbocycles. The van der Waals surface area contributed by atoms with Crippen LogP contribution in [0.2, 0.25) is 0 Å². The summed E-state index contributed by atoms with van der Waals surface area (Å²) in [5, 5.41) is 21.0. The maximum Gasteiger partial charge on any atom is 0.326 e. The Labute approximate surface area is 136 Å². The van der Waals surface area contributed by atoms with Crippen molar-refractivity contribution in [2.75, 3.05) is 6.61 Å². The van der Waals surface area contributed by atoms with Gasteiger partial charge in [-0.3, -0.25) is 14.9 Å². The van der Waals surface area contributed by atoms with Crippen molar-refractivity contribution in [3.05, 3.63) is 35.4 Å². The second-order valence-corrected chi connectivity index (χ2v) is 5.54. The summed E-state index contributed by atoms with van der Waals surface area (Å²) >= 11 is 0. The molecule has 0 aromatic heterocycles. The number of nitrogens with zero attached hydrogens (tertiary/aromatic N) is 1. The van der Waals surface area contributed by atoms with Gasteiger partial charge in [-0.05, 0) is 20.8 Å². The highest BCUT2D eigenvalue weighted by molar-refractivity contribution is 6.00. The fraction of sp³-hybridized carbons (Fsp3) is 0.471. The van der Waals surface area contributed by atoms with Crippen LogP contribution in [0.15, 0.2) is 24.3 Å². The highest BCUT2D eigenvalue weighted by atomic mass is 16.5. The van der Waals surface area contributed by atoms with Gasteiger partial charge < -0.3 is 9.84 Å². The minimum atomic E-state index is -1.41. The van der Waals surface area contributed by atoms with E-state index < -0.39 is 17.7 Å². The van der Waals surface area contributed by atoms with Gasteiger partial charge >= 0.3 is 5.97 Å². The predicted octanol–water partition coefficient (Wildman–Crippen LogP) is 1.71. The Morgan fingerprint density at radius 2 is 2.00 bits per heavy atom. The van der Waals surface area contributed by atoms with Crippen LogP contribution >= 0.6 is 0 Å². The number of benzene rings is 1. The van der Waals surface area contributed by atoms with E-state index in [2.05, 4.69) is 5.32 Å². The summed E-state index contributed by atoms with van der Waals surface area (Å²) in [6.07, 6.45) is -1.61. The van der Waals surface area contributed by atoms with Crippen molar-refractivity contribution in [2.45, 2.75) is 45.4 Å². The van der Waals surface area contributed by atoms with Crippen LogP contribution in [0, 0.1) is 18.3 Å². The average molecular weight is 318 g/mol. The van der Waals surface area contributed by atoms with Gasteiger partial charge in [0.05, 0.1) is 19.1 Å². The smallest absolute Gasteiger partial charge is 0.326 e. The molecule has 1 rings (SSSR count). The first-order valence-electron chi connectivity index (χ1n) is 7.42. The fourth-order valence-electron chi connectivity index (χ4n) is 2.14. The van der Waals surface area contributed by atoms with Crippen LogP contribution in [0.4, 0.5) is 0 Å². The van der Waals surface area contributed by atoms with Crippen LogP contribution in [0.5, 0.6) is 0 Å². The third kappa shape index (κ3) is 5.47. The van der Waals surface area contributed by atoms with Gasteiger partial charge in [0, 0.05) is 12.0 Å². The molecule has 0 heterocycles. The maximum absolute atomic E-state index is 12.4. The molecule has 0 spiro atoms. The Morgan fingerprint density at radius 3 is 2.52 bits per heavy atom. The standard InChI is InChI=1S/C17H22N2O4/c1-4-23-16(22)17(3,19-15(21)9-10-18)11-14(20)13-7-5-12(2)6-8-13/h5-8,15,19,21H,4,9,11H2,1-3H3. The zero-order valence-electron chi connectivity index (χ0n) is 13.6. The summed E-state index contributed by atoms with van der Waals surface area (Å²) in [4.78, 5) is 24.6. The molecule has 6 heteroatoms. The zero-order chi connectivity index (χ0) is 17.5. The Balaban J connectivity index is 2.95. The molecule has 2 N–H and O–H groups in total. The van der Waals surface area contributed by atoms with Gasteiger partial charge in [-0.2, -0.15) is 5.26 Å². The SMILES string of the molecule is CCOC(=O)C(C)(CC(=O)c1ccc(C)cc1)NC(O)CC#N. The Kier molecular flexibility index (Phi) is 6.89. The summed E-state index contributed by atoms with van der Waals surface area (Å²) in [7, 11) is 0. The first-order chi connectivity index (χ1) is 10.8. The largest absolute Gasteiger partial charge is 0.465 e. The Hall–Kier alpha value is -2.23. The number of rotatable bonds is 8. The van der Waals surface area contributed by atoms with E-state index in [-0.39, 0.29) is 25.2 Å². The van der Waals surface area contributed by atoms with Crippen molar-refractivity contribution in [1.29, 1.82) is 5.26 Å². The number of nitriles is 1. The maximum atomic E-state index is 12.4. The topological polar surface area (TPSA) is 99.4 Å². The lowest BCUT2D eigenvalue weighted by molar-refractivity contribution is -0.152. The number of carbonyl (C=O) groups excluding carboxylic acids is 2. The molecule has 0 bridgehead atoms. The number of Topliss-reactive ketones (excluding diaryl/α,β-unsaturated/α-hetero) is 1. The predicted molar refractivity (Wildman–Crippen MR) is 84.5 cm³/mol. The minimum absolute atomic E-state index is 0.156. The molecule has 6 nitrogen and oxygen atoms in total. The number of ether oxygens (including phenoxy) is 1. The van der Waals surface area contributed by atoms with Crippen LogP contribution in [-0.4, -0.2) is 35.2 Å². The molecule has 0 amide bonds. The first-order valence-corrected chi connectivity index (χ1v) is 7.42. The lowest BCUT2D eigenvalue weighted by Gasteiger charge is -2.30. The average Bonchev–Trinajstić information content (AvgIpc) is 2.48. The number of hydrogen-bond acceptors (Lipinski definition) is 6. The molecule has 124 valence electrons. The lowest BCUT2D eigenvalue weighted by Crippen LogP contribution is -2.55. The molecule has 0 fully saturated rings. The molecule has 0 aliphatic heterocycles. The number of aliphatic hydroxyl groups excluding tert-OH is 1. The van der Waals surface area contributed by atoms with Crippen molar-refractivity contribution in [3.8, 4) is 6.07 Å². The normalized spacial score (nSPS) is 14.4. The van der Waals surface area contributed by atoms with Gasteiger partial charge in [-0.15, -0.1) is 0 Å². The molecular weight excluding hydrogens is 296 g/mol. The Morgan fingerprint density at radius 1 is 1.39 bits per heavy atom. The second kappa shape index (κ2) is 8.42. The summed E-state index contributed by atoms with van der Waals surface area (Å²) in [6.45, 7) is 5.21. The van der Waals surface area contributed by atoms with Gasteiger partial charge in [0.25, 0.3) is 0 Å². The molecule has 0 radical (unpaired) electrons. The number of aryl methyl sites for hydroxylation is 1. The summed E-state index contributed by atoms with van der Waals surface area (Å²) < 4.78 is 4.99. The molecular formula is C17H22N2O4.